The van der Waals surface area contributed by atoms with Gasteiger partial charge in [0.1, 0.15) is 5.82 Å². The molecule has 1 amide bonds. The molecule has 4 nitrogen and oxygen atoms in total. The fraction of sp³-hybridized carbons (Fsp3) is 0.562. The largest absolute Gasteiger partial charge is 0.358 e. The minimum atomic E-state index is -0.255. The Labute approximate surface area is 125 Å². The first kappa shape index (κ1) is 15.8. The molecule has 0 spiro atoms. The molecule has 116 valence electrons. The minimum Gasteiger partial charge on any atom is -0.358 e. The molecule has 0 aliphatic carbocycles. The fourth-order valence-electron chi connectivity index (χ4n) is 2.49. The van der Waals surface area contributed by atoms with Crippen LogP contribution in [-0.4, -0.2) is 44.0 Å². The van der Waals surface area contributed by atoms with E-state index < -0.39 is 0 Å². The molecule has 5 heteroatoms. The topological polar surface area (TPSA) is 35.6 Å². The Balaban J connectivity index is 2.10. The average molecular weight is 293 g/mol. The van der Waals surface area contributed by atoms with Crippen molar-refractivity contribution < 1.29 is 9.18 Å². The number of amides is 1. The molecule has 0 bridgehead atoms. The minimum absolute atomic E-state index is 0.0303. The van der Waals surface area contributed by atoms with Crippen LogP contribution in [0.15, 0.2) is 18.2 Å². The third-order valence-corrected chi connectivity index (χ3v) is 3.97. The van der Waals surface area contributed by atoms with Gasteiger partial charge >= 0.3 is 0 Å². The maximum absolute atomic E-state index is 14.3. The van der Waals surface area contributed by atoms with Crippen LogP contribution in [0.2, 0.25) is 0 Å². The molecule has 1 N–H and O–H groups in total. The normalized spacial score (nSPS) is 17.2. The Morgan fingerprint density at radius 1 is 1.38 bits per heavy atom. The molecule has 2 rings (SSSR count). The van der Waals surface area contributed by atoms with E-state index in [-0.39, 0.29) is 24.3 Å². The van der Waals surface area contributed by atoms with Crippen LogP contribution in [0.3, 0.4) is 0 Å². The van der Waals surface area contributed by atoms with E-state index in [9.17, 15) is 9.18 Å². The lowest BCUT2D eigenvalue weighted by Gasteiger charge is -2.33. The molecule has 1 atom stereocenters. The van der Waals surface area contributed by atoms with Crippen molar-refractivity contribution >= 4 is 11.6 Å². The first-order chi connectivity index (χ1) is 10.0. The molecule has 0 aromatic heterocycles. The third-order valence-electron chi connectivity index (χ3n) is 3.97. The average Bonchev–Trinajstić information content (AvgIpc) is 2.47. The Morgan fingerprint density at radius 3 is 2.76 bits per heavy atom. The molecular formula is C16H24FN3O. The van der Waals surface area contributed by atoms with Gasteiger partial charge in [0.05, 0.1) is 12.2 Å². The molecule has 1 aromatic carbocycles. The molecule has 21 heavy (non-hydrogen) atoms. The summed E-state index contributed by atoms with van der Waals surface area (Å²) in [5, 5.41) is 3.35. The zero-order valence-corrected chi connectivity index (χ0v) is 13.0. The van der Waals surface area contributed by atoms with Crippen molar-refractivity contribution in [1.82, 2.24) is 10.2 Å². The maximum Gasteiger partial charge on any atom is 0.241 e. The molecule has 1 aliphatic heterocycles. The van der Waals surface area contributed by atoms with Gasteiger partial charge in [0.2, 0.25) is 5.91 Å². The van der Waals surface area contributed by atoms with Crippen molar-refractivity contribution in [3.8, 4) is 0 Å². The summed E-state index contributed by atoms with van der Waals surface area (Å²) in [5.74, 6) is -0.224. The fourth-order valence-corrected chi connectivity index (χ4v) is 2.49. The SMILES string of the molecule is CCCNC(C)c1ccc(N2CCN(C)C(=O)C2)c(F)c1. The number of nitrogens with zero attached hydrogens (tertiary/aromatic N) is 2. The summed E-state index contributed by atoms with van der Waals surface area (Å²) in [6.45, 7) is 6.60. The molecule has 0 radical (unpaired) electrons. The number of benzene rings is 1. The van der Waals surface area contributed by atoms with E-state index in [1.165, 1.54) is 0 Å². The van der Waals surface area contributed by atoms with Crippen molar-refractivity contribution in [2.75, 3.05) is 38.1 Å². The number of hydrogen-bond donors (Lipinski definition) is 1. The molecule has 1 fully saturated rings. The number of halogens is 1. The molecule has 1 saturated heterocycles. The number of anilines is 1. The molecular weight excluding hydrogens is 269 g/mol. The lowest BCUT2D eigenvalue weighted by atomic mass is 10.1. The van der Waals surface area contributed by atoms with Crippen molar-refractivity contribution in [2.24, 2.45) is 0 Å². The second-order valence-electron chi connectivity index (χ2n) is 5.62. The first-order valence-corrected chi connectivity index (χ1v) is 7.54. The Hall–Kier alpha value is -1.62. The van der Waals surface area contributed by atoms with Gasteiger partial charge in [-0.1, -0.05) is 13.0 Å². The predicted octanol–water partition coefficient (Wildman–Crippen LogP) is 2.16. The van der Waals surface area contributed by atoms with Gasteiger partial charge < -0.3 is 15.1 Å². The highest BCUT2D eigenvalue weighted by Crippen LogP contribution is 2.24. The van der Waals surface area contributed by atoms with Crippen molar-refractivity contribution in [3.05, 3.63) is 29.6 Å². The van der Waals surface area contributed by atoms with E-state index in [1.807, 2.05) is 17.9 Å². The van der Waals surface area contributed by atoms with Crippen LogP contribution in [0.25, 0.3) is 0 Å². The summed E-state index contributed by atoms with van der Waals surface area (Å²) in [5.41, 5.74) is 1.45. The summed E-state index contributed by atoms with van der Waals surface area (Å²) < 4.78 is 14.3. The van der Waals surface area contributed by atoms with Crippen LogP contribution in [0.5, 0.6) is 0 Å². The summed E-state index contributed by atoms with van der Waals surface area (Å²) in [4.78, 5) is 15.2. The summed E-state index contributed by atoms with van der Waals surface area (Å²) >= 11 is 0. The highest BCUT2D eigenvalue weighted by atomic mass is 19.1. The summed E-state index contributed by atoms with van der Waals surface area (Å²) in [6, 6.07) is 5.43. The van der Waals surface area contributed by atoms with Crippen LogP contribution in [0, 0.1) is 5.82 Å². The Bertz CT molecular complexity index is 506. The second kappa shape index (κ2) is 6.89. The van der Waals surface area contributed by atoms with Crippen molar-refractivity contribution in [3.63, 3.8) is 0 Å². The van der Waals surface area contributed by atoms with Gasteiger partial charge in [-0.2, -0.15) is 0 Å². The highest BCUT2D eigenvalue weighted by molar-refractivity contribution is 5.82. The van der Waals surface area contributed by atoms with E-state index in [0.29, 0.717) is 18.8 Å². The van der Waals surface area contributed by atoms with E-state index in [4.69, 9.17) is 0 Å². The van der Waals surface area contributed by atoms with Gasteiger partial charge in [-0.25, -0.2) is 4.39 Å². The summed E-state index contributed by atoms with van der Waals surface area (Å²) in [6.07, 6.45) is 1.05. The quantitative estimate of drug-likeness (QED) is 0.903. The van der Waals surface area contributed by atoms with Crippen LogP contribution in [0.4, 0.5) is 10.1 Å². The van der Waals surface area contributed by atoms with Gasteiger partial charge in [0.25, 0.3) is 0 Å². The number of hydrogen-bond acceptors (Lipinski definition) is 3. The summed E-state index contributed by atoms with van der Waals surface area (Å²) in [7, 11) is 1.78. The van der Waals surface area contributed by atoms with E-state index in [1.54, 1.807) is 24.1 Å². The van der Waals surface area contributed by atoms with Gasteiger partial charge in [0, 0.05) is 26.2 Å². The lowest BCUT2D eigenvalue weighted by molar-refractivity contribution is -0.129. The van der Waals surface area contributed by atoms with E-state index in [2.05, 4.69) is 12.2 Å². The van der Waals surface area contributed by atoms with Crippen molar-refractivity contribution in [2.45, 2.75) is 26.3 Å². The first-order valence-electron chi connectivity index (χ1n) is 7.54. The number of carbonyl (C=O) groups is 1. The van der Waals surface area contributed by atoms with Crippen LogP contribution < -0.4 is 10.2 Å². The predicted molar refractivity (Wildman–Crippen MR) is 83.0 cm³/mol. The zero-order valence-electron chi connectivity index (χ0n) is 13.0. The van der Waals surface area contributed by atoms with E-state index >= 15 is 0 Å². The van der Waals surface area contributed by atoms with Crippen LogP contribution in [-0.2, 0) is 4.79 Å². The van der Waals surface area contributed by atoms with Gasteiger partial charge in [-0.3, -0.25) is 4.79 Å². The monoisotopic (exact) mass is 293 g/mol. The Kier molecular flexibility index (Phi) is 5.17. The standard InChI is InChI=1S/C16H24FN3O/c1-4-7-18-12(2)13-5-6-15(14(17)10-13)20-9-8-19(3)16(21)11-20/h5-6,10,12,18H,4,7-9,11H2,1-3H3. The van der Waals surface area contributed by atoms with Gasteiger partial charge in [-0.15, -0.1) is 0 Å². The number of nitrogens with one attached hydrogen (secondary N) is 1. The molecule has 0 saturated carbocycles. The Morgan fingerprint density at radius 2 is 2.14 bits per heavy atom. The second-order valence-corrected chi connectivity index (χ2v) is 5.62. The number of likely N-dealkylation sites (N-methyl/N-ethyl adjacent to an activating group) is 1. The molecule has 1 unspecified atom stereocenters. The van der Waals surface area contributed by atoms with Gasteiger partial charge in [0.15, 0.2) is 0 Å². The third kappa shape index (κ3) is 3.73. The highest BCUT2D eigenvalue weighted by Gasteiger charge is 2.23. The number of piperazine rings is 1. The van der Waals surface area contributed by atoms with Gasteiger partial charge in [-0.05, 0) is 37.6 Å². The van der Waals surface area contributed by atoms with Crippen molar-refractivity contribution in [1.29, 1.82) is 0 Å². The maximum atomic E-state index is 14.3. The van der Waals surface area contributed by atoms with Crippen LogP contribution in [0.1, 0.15) is 31.9 Å². The zero-order chi connectivity index (χ0) is 15.4. The number of carbonyl (C=O) groups excluding carboxylic acids is 1. The molecule has 1 heterocycles. The molecule has 1 aliphatic rings. The van der Waals surface area contributed by atoms with Crippen LogP contribution >= 0.6 is 0 Å². The number of rotatable bonds is 5. The smallest absolute Gasteiger partial charge is 0.241 e. The lowest BCUT2D eigenvalue weighted by Crippen LogP contribution is -2.48. The van der Waals surface area contributed by atoms with E-state index in [0.717, 1.165) is 18.5 Å². The molecule has 1 aromatic rings.